The number of primary amides is 1. The van der Waals surface area contributed by atoms with Gasteiger partial charge in [-0.3, -0.25) is 4.79 Å². The lowest BCUT2D eigenvalue weighted by Gasteiger charge is -2.15. The Morgan fingerprint density at radius 2 is 1.81 bits per heavy atom. The first kappa shape index (κ1) is 15.0. The Morgan fingerprint density at radius 3 is 2.43 bits per heavy atom. The van der Waals surface area contributed by atoms with Gasteiger partial charge in [-0.15, -0.1) is 0 Å². The Balaban J connectivity index is 2.27. The molecule has 1 atom stereocenters. The highest BCUT2D eigenvalue weighted by molar-refractivity contribution is 6.30. The van der Waals surface area contributed by atoms with Crippen LogP contribution in [0.4, 0.5) is 4.39 Å². The van der Waals surface area contributed by atoms with E-state index in [1.807, 2.05) is 0 Å². The van der Waals surface area contributed by atoms with E-state index in [1.165, 1.54) is 6.07 Å². The quantitative estimate of drug-likeness (QED) is 0.883. The summed E-state index contributed by atoms with van der Waals surface area (Å²) >= 11 is 5.71. The molecule has 2 rings (SSSR count). The molecule has 0 bridgehead atoms. The van der Waals surface area contributed by atoms with Crippen molar-refractivity contribution in [1.82, 2.24) is 0 Å². The molecular weight excluding hydrogens is 297 g/mol. The van der Waals surface area contributed by atoms with Crippen LogP contribution in [0.25, 0.3) is 0 Å². The molecule has 6 heteroatoms. The fourth-order valence-corrected chi connectivity index (χ4v) is 1.91. The summed E-state index contributed by atoms with van der Waals surface area (Å²) in [5, 5.41) is 0.179. The second-order valence-corrected chi connectivity index (χ2v) is 4.66. The Labute approximate surface area is 125 Å². The van der Waals surface area contributed by atoms with Gasteiger partial charge in [-0.2, -0.15) is 0 Å². The van der Waals surface area contributed by atoms with Gasteiger partial charge in [-0.05, 0) is 18.2 Å². The monoisotopic (exact) mass is 307 g/mol. The van der Waals surface area contributed by atoms with Crippen LogP contribution in [-0.2, 0) is 9.53 Å². The Hall–Kier alpha value is -2.40. The molecule has 0 aliphatic rings. The molecule has 4 nitrogen and oxygen atoms in total. The van der Waals surface area contributed by atoms with Crippen LogP contribution in [0.2, 0.25) is 5.02 Å². The van der Waals surface area contributed by atoms with Gasteiger partial charge in [0.25, 0.3) is 5.91 Å². The van der Waals surface area contributed by atoms with Gasteiger partial charge in [0.2, 0.25) is 6.10 Å². The number of hydrogen-bond donors (Lipinski definition) is 1. The number of benzene rings is 2. The van der Waals surface area contributed by atoms with E-state index >= 15 is 0 Å². The number of ether oxygens (including phenoxy) is 1. The predicted molar refractivity (Wildman–Crippen MR) is 75.2 cm³/mol. The second-order valence-electron chi connectivity index (χ2n) is 4.22. The van der Waals surface area contributed by atoms with E-state index in [0.29, 0.717) is 5.56 Å². The van der Waals surface area contributed by atoms with Crippen LogP contribution in [0.1, 0.15) is 22.0 Å². The number of carbonyl (C=O) groups is 2. The smallest absolute Gasteiger partial charge is 0.342 e. The molecular formula is C15H11ClFNO3. The van der Waals surface area contributed by atoms with Crippen LogP contribution in [-0.4, -0.2) is 11.9 Å². The molecule has 108 valence electrons. The molecule has 0 aliphatic heterocycles. The highest BCUT2D eigenvalue weighted by Gasteiger charge is 2.24. The number of esters is 1. The number of rotatable bonds is 4. The summed E-state index contributed by atoms with van der Waals surface area (Å²) < 4.78 is 18.6. The SMILES string of the molecule is NC(=O)[C@@H](OC(=O)c1cc(Cl)ccc1F)c1ccccc1. The summed E-state index contributed by atoms with van der Waals surface area (Å²) in [7, 11) is 0. The van der Waals surface area contributed by atoms with Crippen LogP contribution in [0, 0.1) is 5.82 Å². The fourth-order valence-electron chi connectivity index (χ4n) is 1.74. The van der Waals surface area contributed by atoms with Crippen molar-refractivity contribution in [2.45, 2.75) is 6.10 Å². The van der Waals surface area contributed by atoms with Crippen molar-refractivity contribution in [3.63, 3.8) is 0 Å². The minimum absolute atomic E-state index is 0.179. The Morgan fingerprint density at radius 1 is 1.14 bits per heavy atom. The third-order valence-corrected chi connectivity index (χ3v) is 2.97. The molecule has 21 heavy (non-hydrogen) atoms. The first-order valence-corrected chi connectivity index (χ1v) is 6.37. The third-order valence-electron chi connectivity index (χ3n) is 2.73. The highest BCUT2D eigenvalue weighted by atomic mass is 35.5. The molecule has 0 spiro atoms. The minimum Gasteiger partial charge on any atom is -0.444 e. The summed E-state index contributed by atoms with van der Waals surface area (Å²) in [5.41, 5.74) is 5.27. The maximum atomic E-state index is 13.6. The first-order chi connectivity index (χ1) is 9.99. The number of hydrogen-bond acceptors (Lipinski definition) is 3. The van der Waals surface area contributed by atoms with Gasteiger partial charge in [0.05, 0.1) is 5.56 Å². The van der Waals surface area contributed by atoms with Crippen molar-refractivity contribution in [3.05, 3.63) is 70.5 Å². The van der Waals surface area contributed by atoms with Gasteiger partial charge in [-0.25, -0.2) is 9.18 Å². The normalized spacial score (nSPS) is 11.7. The van der Waals surface area contributed by atoms with Crippen molar-refractivity contribution in [2.75, 3.05) is 0 Å². The van der Waals surface area contributed by atoms with Crippen LogP contribution in [0.3, 0.4) is 0 Å². The summed E-state index contributed by atoms with van der Waals surface area (Å²) in [5.74, 6) is -2.65. The van der Waals surface area contributed by atoms with E-state index < -0.39 is 23.8 Å². The Kier molecular flexibility index (Phi) is 4.55. The van der Waals surface area contributed by atoms with Crippen molar-refractivity contribution in [2.24, 2.45) is 5.73 Å². The maximum absolute atomic E-state index is 13.6. The highest BCUT2D eigenvalue weighted by Crippen LogP contribution is 2.21. The first-order valence-electron chi connectivity index (χ1n) is 5.99. The molecule has 0 saturated heterocycles. The lowest BCUT2D eigenvalue weighted by Crippen LogP contribution is -2.26. The van der Waals surface area contributed by atoms with Gasteiger partial charge >= 0.3 is 5.97 Å². The van der Waals surface area contributed by atoms with E-state index in [0.717, 1.165) is 12.1 Å². The number of nitrogens with two attached hydrogens (primary N) is 1. The van der Waals surface area contributed by atoms with Crippen molar-refractivity contribution >= 4 is 23.5 Å². The average molecular weight is 308 g/mol. The van der Waals surface area contributed by atoms with E-state index in [9.17, 15) is 14.0 Å². The molecule has 0 fully saturated rings. The Bertz CT molecular complexity index is 676. The number of carbonyl (C=O) groups excluding carboxylic acids is 2. The van der Waals surface area contributed by atoms with Gasteiger partial charge < -0.3 is 10.5 Å². The standard InChI is InChI=1S/C15H11ClFNO3/c16-10-6-7-12(17)11(8-10)15(20)21-13(14(18)19)9-4-2-1-3-5-9/h1-8,13H,(H2,18,19)/t13-/m0/s1. The molecule has 2 N–H and O–H groups in total. The van der Waals surface area contributed by atoms with Crippen LogP contribution >= 0.6 is 11.6 Å². The molecule has 0 heterocycles. The molecule has 0 saturated carbocycles. The summed E-state index contributed by atoms with van der Waals surface area (Å²) in [6.07, 6.45) is -1.29. The lowest BCUT2D eigenvalue weighted by molar-refractivity contribution is -0.127. The van der Waals surface area contributed by atoms with E-state index in [1.54, 1.807) is 30.3 Å². The van der Waals surface area contributed by atoms with Gasteiger partial charge in [0, 0.05) is 10.6 Å². The topological polar surface area (TPSA) is 69.4 Å². The number of halogens is 2. The molecule has 2 aromatic carbocycles. The summed E-state index contributed by atoms with van der Waals surface area (Å²) in [6.45, 7) is 0. The van der Waals surface area contributed by atoms with Gasteiger partial charge in [0.15, 0.2) is 0 Å². The number of amides is 1. The molecule has 0 unspecified atom stereocenters. The zero-order chi connectivity index (χ0) is 15.4. The summed E-state index contributed by atoms with van der Waals surface area (Å²) in [6, 6.07) is 11.7. The van der Waals surface area contributed by atoms with Crippen LogP contribution in [0.5, 0.6) is 0 Å². The van der Waals surface area contributed by atoms with Crippen molar-refractivity contribution in [3.8, 4) is 0 Å². The molecule has 2 aromatic rings. The molecule has 0 radical (unpaired) electrons. The maximum Gasteiger partial charge on any atom is 0.342 e. The van der Waals surface area contributed by atoms with Crippen molar-refractivity contribution in [1.29, 1.82) is 0 Å². The predicted octanol–water partition coefficient (Wildman–Crippen LogP) is 2.86. The van der Waals surface area contributed by atoms with Gasteiger partial charge in [0.1, 0.15) is 5.82 Å². The zero-order valence-corrected chi connectivity index (χ0v) is 11.5. The van der Waals surface area contributed by atoms with E-state index in [4.69, 9.17) is 22.1 Å². The summed E-state index contributed by atoms with van der Waals surface area (Å²) in [4.78, 5) is 23.4. The fraction of sp³-hybridized carbons (Fsp3) is 0.0667. The third kappa shape index (κ3) is 3.58. The zero-order valence-electron chi connectivity index (χ0n) is 10.8. The van der Waals surface area contributed by atoms with Crippen LogP contribution < -0.4 is 5.73 Å². The van der Waals surface area contributed by atoms with Gasteiger partial charge in [-0.1, -0.05) is 41.9 Å². The van der Waals surface area contributed by atoms with Crippen molar-refractivity contribution < 1.29 is 18.7 Å². The second kappa shape index (κ2) is 6.37. The molecule has 0 aliphatic carbocycles. The largest absolute Gasteiger partial charge is 0.444 e. The minimum atomic E-state index is -1.29. The molecule has 1 amide bonds. The molecule has 0 aromatic heterocycles. The van der Waals surface area contributed by atoms with E-state index in [-0.39, 0.29) is 10.6 Å². The lowest BCUT2D eigenvalue weighted by atomic mass is 10.1. The average Bonchev–Trinajstić information content (AvgIpc) is 2.47. The van der Waals surface area contributed by atoms with E-state index in [2.05, 4.69) is 0 Å². The van der Waals surface area contributed by atoms with Crippen LogP contribution in [0.15, 0.2) is 48.5 Å².